The molecule has 1 aliphatic heterocycles. The Balaban J connectivity index is 2.19. The summed E-state index contributed by atoms with van der Waals surface area (Å²) in [6.07, 6.45) is -2.47. The number of nitrogens with zero attached hydrogens (tertiary/aromatic N) is 3. The molecule has 0 spiro atoms. The molecule has 4 nitrogen and oxygen atoms in total. The maximum Gasteiger partial charge on any atom is 0.433 e. The first kappa shape index (κ1) is 13.1. The Hall–Kier alpha value is -1.37. The molecule has 1 aromatic rings. The van der Waals surface area contributed by atoms with Crippen LogP contribution in [0.1, 0.15) is 19.0 Å². The first-order valence-corrected chi connectivity index (χ1v) is 5.78. The zero-order chi connectivity index (χ0) is 13.3. The molecule has 1 fully saturated rings. The minimum Gasteiger partial charge on any atom is -0.339 e. The molecule has 7 heteroatoms. The average Bonchev–Trinajstić information content (AvgIpc) is 2.32. The summed E-state index contributed by atoms with van der Waals surface area (Å²) in [4.78, 5) is 9.16. The summed E-state index contributed by atoms with van der Waals surface area (Å²) in [6, 6.07) is 0.813. The smallest absolute Gasteiger partial charge is 0.339 e. The van der Waals surface area contributed by atoms with E-state index in [-0.39, 0.29) is 12.0 Å². The SMILES string of the molecule is CC1CCN(c2nccc(C(F)(F)F)n2)CC1N. The number of alkyl halides is 3. The van der Waals surface area contributed by atoms with Gasteiger partial charge in [-0.1, -0.05) is 6.92 Å². The summed E-state index contributed by atoms with van der Waals surface area (Å²) >= 11 is 0. The number of piperidine rings is 1. The highest BCUT2D eigenvalue weighted by molar-refractivity contribution is 5.32. The number of rotatable bonds is 1. The van der Waals surface area contributed by atoms with Gasteiger partial charge in [0.15, 0.2) is 0 Å². The maximum atomic E-state index is 12.5. The summed E-state index contributed by atoms with van der Waals surface area (Å²) < 4.78 is 37.6. The molecule has 18 heavy (non-hydrogen) atoms. The predicted molar refractivity (Wildman–Crippen MR) is 61.0 cm³/mol. The fourth-order valence-electron chi connectivity index (χ4n) is 1.94. The summed E-state index contributed by atoms with van der Waals surface area (Å²) in [5, 5.41) is 0. The van der Waals surface area contributed by atoms with E-state index in [1.54, 1.807) is 4.90 Å². The second kappa shape index (κ2) is 4.72. The van der Waals surface area contributed by atoms with Crippen molar-refractivity contribution in [2.75, 3.05) is 18.0 Å². The molecular formula is C11H15F3N4. The fourth-order valence-corrected chi connectivity index (χ4v) is 1.94. The quantitative estimate of drug-likeness (QED) is 0.834. The molecular weight excluding hydrogens is 245 g/mol. The van der Waals surface area contributed by atoms with Gasteiger partial charge in [-0.15, -0.1) is 0 Å². The highest BCUT2D eigenvalue weighted by Crippen LogP contribution is 2.28. The maximum absolute atomic E-state index is 12.5. The molecule has 0 aromatic carbocycles. The Labute approximate surface area is 103 Å². The van der Waals surface area contributed by atoms with Gasteiger partial charge < -0.3 is 10.6 Å². The van der Waals surface area contributed by atoms with Crippen LogP contribution < -0.4 is 10.6 Å². The first-order valence-electron chi connectivity index (χ1n) is 5.78. The third-order valence-electron chi connectivity index (χ3n) is 3.23. The van der Waals surface area contributed by atoms with Crippen molar-refractivity contribution in [3.63, 3.8) is 0 Å². The van der Waals surface area contributed by atoms with Gasteiger partial charge >= 0.3 is 6.18 Å². The van der Waals surface area contributed by atoms with E-state index >= 15 is 0 Å². The van der Waals surface area contributed by atoms with Gasteiger partial charge in [-0.3, -0.25) is 0 Å². The number of nitrogens with two attached hydrogens (primary N) is 1. The van der Waals surface area contributed by atoms with E-state index in [1.165, 1.54) is 0 Å². The van der Waals surface area contributed by atoms with Gasteiger partial charge in [0.05, 0.1) is 0 Å². The fraction of sp³-hybridized carbons (Fsp3) is 0.636. The first-order chi connectivity index (χ1) is 8.38. The van der Waals surface area contributed by atoms with Crippen LogP contribution in [0.5, 0.6) is 0 Å². The van der Waals surface area contributed by atoms with E-state index in [0.29, 0.717) is 19.0 Å². The average molecular weight is 260 g/mol. The Morgan fingerprint density at radius 2 is 2.17 bits per heavy atom. The molecule has 100 valence electrons. The Kier molecular flexibility index (Phi) is 3.43. The van der Waals surface area contributed by atoms with Gasteiger partial charge in [0.2, 0.25) is 5.95 Å². The minimum atomic E-state index is -4.44. The number of halogens is 3. The minimum absolute atomic E-state index is 0.0584. The molecule has 2 N–H and O–H groups in total. The van der Waals surface area contributed by atoms with Crippen LogP contribution in [0.25, 0.3) is 0 Å². The highest BCUT2D eigenvalue weighted by atomic mass is 19.4. The van der Waals surface area contributed by atoms with Gasteiger partial charge in [0.1, 0.15) is 5.69 Å². The second-order valence-electron chi connectivity index (χ2n) is 4.62. The van der Waals surface area contributed by atoms with Crippen molar-refractivity contribution in [3.8, 4) is 0 Å². The van der Waals surface area contributed by atoms with E-state index in [4.69, 9.17) is 5.73 Å². The lowest BCUT2D eigenvalue weighted by atomic mass is 9.94. The molecule has 0 aliphatic carbocycles. The lowest BCUT2D eigenvalue weighted by molar-refractivity contribution is -0.141. The summed E-state index contributed by atoms with van der Waals surface area (Å²) in [5.74, 6) is 0.472. The molecule has 2 rings (SSSR count). The van der Waals surface area contributed by atoms with Crippen molar-refractivity contribution in [1.29, 1.82) is 0 Å². The van der Waals surface area contributed by atoms with E-state index in [2.05, 4.69) is 9.97 Å². The normalized spacial score (nSPS) is 25.3. The Bertz CT molecular complexity index is 421. The Morgan fingerprint density at radius 3 is 2.78 bits per heavy atom. The van der Waals surface area contributed by atoms with Crippen LogP contribution in [-0.4, -0.2) is 29.1 Å². The van der Waals surface area contributed by atoms with Crippen molar-refractivity contribution in [3.05, 3.63) is 18.0 Å². The van der Waals surface area contributed by atoms with Crippen molar-refractivity contribution >= 4 is 5.95 Å². The molecule has 2 heterocycles. The molecule has 2 atom stereocenters. The van der Waals surface area contributed by atoms with Crippen LogP contribution in [0.2, 0.25) is 0 Å². The van der Waals surface area contributed by atoms with Crippen LogP contribution >= 0.6 is 0 Å². The Morgan fingerprint density at radius 1 is 1.44 bits per heavy atom. The second-order valence-corrected chi connectivity index (χ2v) is 4.62. The standard InChI is InChI=1S/C11H15F3N4/c1-7-3-5-18(6-8(7)15)10-16-4-2-9(17-10)11(12,13)14/h2,4,7-8H,3,5-6,15H2,1H3. The summed E-state index contributed by atoms with van der Waals surface area (Å²) in [7, 11) is 0. The monoisotopic (exact) mass is 260 g/mol. The van der Waals surface area contributed by atoms with Gasteiger partial charge in [0.25, 0.3) is 0 Å². The van der Waals surface area contributed by atoms with Gasteiger partial charge in [-0.05, 0) is 18.4 Å². The van der Waals surface area contributed by atoms with E-state index in [9.17, 15) is 13.2 Å². The molecule has 1 saturated heterocycles. The van der Waals surface area contributed by atoms with E-state index < -0.39 is 11.9 Å². The number of hydrogen-bond donors (Lipinski definition) is 1. The predicted octanol–water partition coefficient (Wildman–Crippen LogP) is 1.67. The van der Waals surface area contributed by atoms with E-state index in [1.807, 2.05) is 6.92 Å². The molecule has 0 radical (unpaired) electrons. The number of aromatic nitrogens is 2. The highest BCUT2D eigenvalue weighted by Gasteiger charge is 2.34. The van der Waals surface area contributed by atoms with Crippen molar-refractivity contribution < 1.29 is 13.2 Å². The third kappa shape index (κ3) is 2.72. The summed E-state index contributed by atoms with van der Waals surface area (Å²) in [5.41, 5.74) is 4.99. The van der Waals surface area contributed by atoms with Crippen molar-refractivity contribution in [2.24, 2.45) is 11.7 Å². The van der Waals surface area contributed by atoms with Gasteiger partial charge in [0, 0.05) is 25.3 Å². The van der Waals surface area contributed by atoms with Gasteiger partial charge in [-0.2, -0.15) is 13.2 Å². The van der Waals surface area contributed by atoms with Crippen LogP contribution in [-0.2, 0) is 6.18 Å². The number of hydrogen-bond acceptors (Lipinski definition) is 4. The van der Waals surface area contributed by atoms with Crippen LogP contribution in [0.4, 0.5) is 19.1 Å². The van der Waals surface area contributed by atoms with E-state index in [0.717, 1.165) is 18.7 Å². The molecule has 1 aromatic heterocycles. The van der Waals surface area contributed by atoms with Crippen molar-refractivity contribution in [1.82, 2.24) is 9.97 Å². The summed E-state index contributed by atoms with van der Waals surface area (Å²) in [6.45, 7) is 3.16. The molecule has 2 unspecified atom stereocenters. The molecule has 0 amide bonds. The van der Waals surface area contributed by atoms with Crippen LogP contribution in [0, 0.1) is 5.92 Å². The lowest BCUT2D eigenvalue weighted by Crippen LogP contribution is -2.48. The molecule has 0 saturated carbocycles. The third-order valence-corrected chi connectivity index (χ3v) is 3.23. The topological polar surface area (TPSA) is 55.0 Å². The molecule has 0 bridgehead atoms. The zero-order valence-electron chi connectivity index (χ0n) is 9.98. The van der Waals surface area contributed by atoms with Crippen molar-refractivity contribution in [2.45, 2.75) is 25.6 Å². The largest absolute Gasteiger partial charge is 0.433 e. The van der Waals surface area contributed by atoms with Gasteiger partial charge in [-0.25, -0.2) is 9.97 Å². The molecule has 1 aliphatic rings. The zero-order valence-corrected chi connectivity index (χ0v) is 9.98. The van der Waals surface area contributed by atoms with Crippen LogP contribution in [0.15, 0.2) is 12.3 Å². The number of anilines is 1. The lowest BCUT2D eigenvalue weighted by Gasteiger charge is -2.35. The van der Waals surface area contributed by atoms with Crippen LogP contribution in [0.3, 0.4) is 0 Å².